The van der Waals surface area contributed by atoms with Crippen LogP contribution in [0.3, 0.4) is 0 Å². The number of aromatic nitrogens is 5. The van der Waals surface area contributed by atoms with Crippen molar-refractivity contribution in [3.63, 3.8) is 0 Å². The monoisotopic (exact) mass is 446 g/mol. The van der Waals surface area contributed by atoms with E-state index in [0.717, 1.165) is 0 Å². The van der Waals surface area contributed by atoms with E-state index in [-0.39, 0.29) is 18.3 Å². The highest BCUT2D eigenvalue weighted by atomic mass is 79.9. The lowest BCUT2D eigenvalue weighted by molar-refractivity contribution is 0.102. The van der Waals surface area contributed by atoms with E-state index >= 15 is 0 Å². The van der Waals surface area contributed by atoms with Gasteiger partial charge in [-0.15, -0.1) is 0 Å². The molecular weight excluding hydrogens is 436 g/mol. The molecule has 3 heterocycles. The van der Waals surface area contributed by atoms with Gasteiger partial charge in [-0.25, -0.2) is 14.2 Å². The normalized spacial score (nSPS) is 10.9. The SMILES string of the molecule is O=C(Nc1cnn(COc2cccc(Cl)c2)c1)c1nn2cccnc2c1Br. The van der Waals surface area contributed by atoms with Crippen LogP contribution >= 0.6 is 27.5 Å². The summed E-state index contributed by atoms with van der Waals surface area (Å²) in [5.74, 6) is 0.257. The van der Waals surface area contributed by atoms with Crippen LogP contribution in [0.1, 0.15) is 10.5 Å². The maximum atomic E-state index is 12.5. The molecule has 0 fully saturated rings. The first-order valence-electron chi connectivity index (χ1n) is 7.81. The number of nitrogens with zero attached hydrogens (tertiary/aromatic N) is 5. The first kappa shape index (κ1) is 17.5. The molecule has 136 valence electrons. The van der Waals surface area contributed by atoms with Gasteiger partial charge in [0, 0.05) is 17.4 Å². The Balaban J connectivity index is 1.44. The second-order valence-electron chi connectivity index (χ2n) is 5.50. The average Bonchev–Trinajstić information content (AvgIpc) is 3.25. The number of fused-ring (bicyclic) bond motifs is 1. The molecule has 1 N–H and O–H groups in total. The number of benzene rings is 1. The van der Waals surface area contributed by atoms with Gasteiger partial charge >= 0.3 is 0 Å². The molecule has 0 radical (unpaired) electrons. The summed E-state index contributed by atoms with van der Waals surface area (Å²) < 4.78 is 9.21. The van der Waals surface area contributed by atoms with Gasteiger partial charge in [-0.3, -0.25) is 4.79 Å². The smallest absolute Gasteiger partial charge is 0.277 e. The molecule has 1 aromatic carbocycles. The molecule has 0 aliphatic heterocycles. The molecule has 10 heteroatoms. The van der Waals surface area contributed by atoms with Crippen LogP contribution in [0, 0.1) is 0 Å². The predicted octanol–water partition coefficient (Wildman–Crippen LogP) is 3.63. The van der Waals surface area contributed by atoms with E-state index < -0.39 is 0 Å². The van der Waals surface area contributed by atoms with Gasteiger partial charge in [-0.1, -0.05) is 17.7 Å². The number of ether oxygens (including phenoxy) is 1. The lowest BCUT2D eigenvalue weighted by Gasteiger charge is -2.06. The highest BCUT2D eigenvalue weighted by Gasteiger charge is 2.18. The number of halogens is 2. The molecule has 27 heavy (non-hydrogen) atoms. The van der Waals surface area contributed by atoms with E-state index in [9.17, 15) is 4.79 Å². The fourth-order valence-corrected chi connectivity index (χ4v) is 3.11. The lowest BCUT2D eigenvalue weighted by atomic mass is 10.3. The van der Waals surface area contributed by atoms with E-state index in [2.05, 4.69) is 36.4 Å². The molecular formula is C17H12BrClN6O2. The molecule has 0 saturated heterocycles. The topological polar surface area (TPSA) is 86.3 Å². The molecule has 0 spiro atoms. The van der Waals surface area contributed by atoms with Crippen LogP contribution in [0.5, 0.6) is 5.75 Å². The second-order valence-corrected chi connectivity index (χ2v) is 6.73. The minimum Gasteiger partial charge on any atom is -0.471 e. The second kappa shape index (κ2) is 7.37. The van der Waals surface area contributed by atoms with Gasteiger partial charge in [-0.2, -0.15) is 10.2 Å². The molecule has 0 unspecified atom stereocenters. The van der Waals surface area contributed by atoms with Gasteiger partial charge in [0.2, 0.25) is 0 Å². The number of hydrogen-bond acceptors (Lipinski definition) is 5. The summed E-state index contributed by atoms with van der Waals surface area (Å²) in [6, 6.07) is 8.81. The molecule has 0 bridgehead atoms. The molecule has 0 saturated carbocycles. The van der Waals surface area contributed by atoms with Crippen LogP contribution in [-0.2, 0) is 6.73 Å². The standard InChI is InChI=1S/C17H12BrClN6O2/c18-14-15(23-25-6-2-5-20-16(14)25)17(26)22-12-8-21-24(9-12)10-27-13-4-1-3-11(19)7-13/h1-9H,10H2,(H,22,26). The molecule has 4 rings (SSSR count). The zero-order valence-electron chi connectivity index (χ0n) is 13.7. The van der Waals surface area contributed by atoms with Crippen molar-refractivity contribution in [3.8, 4) is 5.75 Å². The van der Waals surface area contributed by atoms with Gasteiger partial charge in [-0.05, 0) is 40.2 Å². The third kappa shape index (κ3) is 3.79. The Bertz CT molecular complexity index is 1130. The molecule has 0 aliphatic carbocycles. The predicted molar refractivity (Wildman–Crippen MR) is 103 cm³/mol. The van der Waals surface area contributed by atoms with Crippen molar-refractivity contribution in [2.45, 2.75) is 6.73 Å². The fraction of sp³-hybridized carbons (Fsp3) is 0.0588. The zero-order valence-corrected chi connectivity index (χ0v) is 16.1. The van der Waals surface area contributed by atoms with Crippen LogP contribution in [0.15, 0.2) is 59.6 Å². The third-order valence-electron chi connectivity index (χ3n) is 3.60. The van der Waals surface area contributed by atoms with Crippen molar-refractivity contribution in [3.05, 3.63) is 70.3 Å². The highest BCUT2D eigenvalue weighted by Crippen LogP contribution is 2.22. The van der Waals surface area contributed by atoms with E-state index in [0.29, 0.717) is 26.6 Å². The van der Waals surface area contributed by atoms with E-state index in [1.54, 1.807) is 53.6 Å². The number of anilines is 1. The Morgan fingerprint density at radius 3 is 3.04 bits per heavy atom. The Morgan fingerprint density at radius 2 is 2.22 bits per heavy atom. The minimum absolute atomic E-state index is 0.179. The summed E-state index contributed by atoms with van der Waals surface area (Å²) in [5.41, 5.74) is 1.32. The lowest BCUT2D eigenvalue weighted by Crippen LogP contribution is -2.13. The number of amides is 1. The quantitative estimate of drug-likeness (QED) is 0.505. The summed E-state index contributed by atoms with van der Waals surface area (Å²) in [6.07, 6.45) is 6.54. The maximum Gasteiger partial charge on any atom is 0.277 e. The first-order valence-corrected chi connectivity index (χ1v) is 8.98. The van der Waals surface area contributed by atoms with Crippen LogP contribution in [0.4, 0.5) is 5.69 Å². The molecule has 3 aromatic heterocycles. The third-order valence-corrected chi connectivity index (χ3v) is 4.57. The van der Waals surface area contributed by atoms with Crippen LogP contribution in [0.25, 0.3) is 5.65 Å². The fourth-order valence-electron chi connectivity index (χ4n) is 2.39. The van der Waals surface area contributed by atoms with Crippen molar-refractivity contribution >= 4 is 44.8 Å². The number of carbonyl (C=O) groups is 1. The Kier molecular flexibility index (Phi) is 4.78. The van der Waals surface area contributed by atoms with Crippen LogP contribution < -0.4 is 10.1 Å². The summed E-state index contributed by atoms with van der Waals surface area (Å²) in [5, 5.41) is 11.7. The van der Waals surface area contributed by atoms with E-state index in [1.165, 1.54) is 10.7 Å². The minimum atomic E-state index is -0.373. The Labute approximate surface area is 166 Å². The van der Waals surface area contributed by atoms with Gasteiger partial charge in [0.15, 0.2) is 18.1 Å². The van der Waals surface area contributed by atoms with Crippen molar-refractivity contribution in [2.75, 3.05) is 5.32 Å². The summed E-state index contributed by atoms with van der Waals surface area (Å²) in [6.45, 7) is 0.179. The maximum absolute atomic E-state index is 12.5. The number of carbonyl (C=O) groups excluding carboxylic acids is 1. The first-order chi connectivity index (χ1) is 13.1. The summed E-state index contributed by atoms with van der Waals surface area (Å²) in [4.78, 5) is 16.7. The van der Waals surface area contributed by atoms with Gasteiger partial charge in [0.25, 0.3) is 5.91 Å². The van der Waals surface area contributed by atoms with Gasteiger partial charge in [0.1, 0.15) is 5.75 Å². The van der Waals surface area contributed by atoms with Crippen molar-refractivity contribution in [1.29, 1.82) is 0 Å². The molecule has 1 amide bonds. The van der Waals surface area contributed by atoms with Crippen molar-refractivity contribution in [1.82, 2.24) is 24.4 Å². The number of hydrogen-bond donors (Lipinski definition) is 1. The van der Waals surface area contributed by atoms with E-state index in [1.807, 2.05) is 0 Å². The van der Waals surface area contributed by atoms with Gasteiger partial charge < -0.3 is 10.1 Å². The zero-order chi connectivity index (χ0) is 18.8. The largest absolute Gasteiger partial charge is 0.471 e. The van der Waals surface area contributed by atoms with Crippen molar-refractivity contribution in [2.24, 2.45) is 0 Å². The molecule has 0 atom stereocenters. The van der Waals surface area contributed by atoms with Crippen LogP contribution in [-0.4, -0.2) is 30.3 Å². The average molecular weight is 448 g/mol. The van der Waals surface area contributed by atoms with Gasteiger partial charge in [0.05, 0.1) is 22.6 Å². The highest BCUT2D eigenvalue weighted by molar-refractivity contribution is 9.10. The Hall–Kier alpha value is -2.91. The summed E-state index contributed by atoms with van der Waals surface area (Å²) >= 11 is 9.29. The molecule has 0 aliphatic rings. The summed E-state index contributed by atoms with van der Waals surface area (Å²) in [7, 11) is 0. The molecule has 4 aromatic rings. The van der Waals surface area contributed by atoms with E-state index in [4.69, 9.17) is 16.3 Å². The Morgan fingerprint density at radius 1 is 1.33 bits per heavy atom. The van der Waals surface area contributed by atoms with Crippen molar-refractivity contribution < 1.29 is 9.53 Å². The number of rotatable bonds is 5. The van der Waals surface area contributed by atoms with Crippen LogP contribution in [0.2, 0.25) is 5.02 Å². The number of nitrogens with one attached hydrogen (secondary N) is 1. The molecule has 8 nitrogen and oxygen atoms in total.